The first-order valence-electron chi connectivity index (χ1n) is 20.6. The van der Waals surface area contributed by atoms with Gasteiger partial charge in [-0.15, -0.1) is 0 Å². The highest BCUT2D eigenvalue weighted by atomic mass is 31.2. The fourth-order valence-electron chi connectivity index (χ4n) is 5.85. The molecule has 0 aromatic heterocycles. The minimum atomic E-state index is -5.02. The maximum absolute atomic E-state index is 12.7. The third-order valence-corrected chi connectivity index (χ3v) is 10.1. The van der Waals surface area contributed by atoms with Crippen LogP contribution in [0.3, 0.4) is 0 Å². The number of hydrogen-bond acceptors (Lipinski definition) is 11. The van der Waals surface area contributed by atoms with Gasteiger partial charge in [-0.05, 0) is 57.8 Å². The molecule has 318 valence electrons. The molecule has 1 saturated carbocycles. The molecule has 1 aliphatic rings. The highest BCUT2D eigenvalue weighted by molar-refractivity contribution is 7.47. The van der Waals surface area contributed by atoms with Crippen molar-refractivity contribution in [3.63, 3.8) is 0 Å². The van der Waals surface area contributed by atoms with Crippen molar-refractivity contribution in [1.29, 1.82) is 0 Å². The number of unbranched alkanes of at least 4 members (excludes halogenated alkanes) is 11. The average molecular weight is 801 g/mol. The molecule has 0 saturated heterocycles. The third-order valence-electron chi connectivity index (χ3n) is 9.15. The van der Waals surface area contributed by atoms with Crippen molar-refractivity contribution < 1.29 is 58.3 Å². The lowest BCUT2D eigenvalue weighted by molar-refractivity contribution is -0.220. The van der Waals surface area contributed by atoms with Crippen LogP contribution < -0.4 is 0 Å². The fourth-order valence-corrected chi connectivity index (χ4v) is 6.82. The van der Waals surface area contributed by atoms with E-state index in [1.807, 2.05) is 0 Å². The Morgan fingerprint density at radius 3 is 1.64 bits per heavy atom. The predicted molar refractivity (Wildman–Crippen MR) is 216 cm³/mol. The molecule has 0 heterocycles. The van der Waals surface area contributed by atoms with E-state index in [2.05, 4.69) is 74.6 Å². The topological polar surface area (TPSA) is 192 Å². The normalized spacial score (nSPS) is 23.9. The van der Waals surface area contributed by atoms with E-state index in [1.165, 1.54) is 25.7 Å². The summed E-state index contributed by atoms with van der Waals surface area (Å²) in [6, 6.07) is 0. The lowest BCUT2D eigenvalue weighted by Gasteiger charge is -2.41. The lowest BCUT2D eigenvalue weighted by Crippen LogP contribution is -2.64. The number of carbonyl (C=O) groups is 1. The van der Waals surface area contributed by atoms with Gasteiger partial charge in [0.2, 0.25) is 0 Å². The van der Waals surface area contributed by atoms with Crippen molar-refractivity contribution in [2.75, 3.05) is 19.8 Å². The van der Waals surface area contributed by atoms with E-state index in [-0.39, 0.29) is 13.0 Å². The summed E-state index contributed by atoms with van der Waals surface area (Å²) >= 11 is 0. The summed E-state index contributed by atoms with van der Waals surface area (Å²) in [5, 5.41) is 50.0. The van der Waals surface area contributed by atoms with E-state index in [9.17, 15) is 39.8 Å². The number of aliphatic hydroxyl groups is 5. The minimum Gasteiger partial charge on any atom is -0.457 e. The number of hydrogen-bond donors (Lipinski definition) is 6. The molecule has 0 aliphatic heterocycles. The Balaban J connectivity index is 2.41. The van der Waals surface area contributed by atoms with Crippen LogP contribution in [0.15, 0.2) is 60.8 Å². The van der Waals surface area contributed by atoms with Gasteiger partial charge in [0.15, 0.2) is 0 Å². The maximum atomic E-state index is 12.7. The Labute approximate surface area is 330 Å². The van der Waals surface area contributed by atoms with E-state index in [0.29, 0.717) is 13.0 Å². The van der Waals surface area contributed by atoms with Gasteiger partial charge in [0, 0.05) is 13.0 Å². The summed E-state index contributed by atoms with van der Waals surface area (Å²) in [6.07, 6.45) is 27.5. The van der Waals surface area contributed by atoms with Crippen LogP contribution >= 0.6 is 7.82 Å². The second-order valence-electron chi connectivity index (χ2n) is 14.1. The minimum absolute atomic E-state index is 0.0957. The lowest BCUT2D eigenvalue weighted by atomic mass is 9.85. The number of allylic oxidation sites excluding steroid dienone is 10. The summed E-state index contributed by atoms with van der Waals surface area (Å²) < 4.78 is 33.9. The zero-order chi connectivity index (χ0) is 40.6. The molecule has 0 spiro atoms. The first-order chi connectivity index (χ1) is 26.5. The smallest absolute Gasteiger partial charge is 0.457 e. The van der Waals surface area contributed by atoms with E-state index in [1.54, 1.807) is 0 Å². The van der Waals surface area contributed by atoms with Crippen molar-refractivity contribution in [3.8, 4) is 0 Å². The van der Waals surface area contributed by atoms with Crippen LogP contribution in [0.1, 0.15) is 136 Å². The molecule has 1 rings (SSSR count). The molecule has 6 N–H and O–H groups in total. The van der Waals surface area contributed by atoms with E-state index >= 15 is 0 Å². The summed E-state index contributed by atoms with van der Waals surface area (Å²) in [5.41, 5.74) is 0. The zero-order valence-corrected chi connectivity index (χ0v) is 34.3. The first kappa shape index (κ1) is 51.1. The van der Waals surface area contributed by atoms with Crippen molar-refractivity contribution in [2.45, 2.75) is 179 Å². The molecule has 55 heavy (non-hydrogen) atoms. The zero-order valence-electron chi connectivity index (χ0n) is 33.5. The Kier molecular flexibility index (Phi) is 30.7. The van der Waals surface area contributed by atoms with Gasteiger partial charge in [-0.25, -0.2) is 4.57 Å². The van der Waals surface area contributed by atoms with Crippen LogP contribution in [0.4, 0.5) is 0 Å². The highest BCUT2D eigenvalue weighted by Crippen LogP contribution is 2.47. The Hall–Kier alpha value is -1.96. The van der Waals surface area contributed by atoms with Crippen molar-refractivity contribution in [3.05, 3.63) is 60.8 Å². The third kappa shape index (κ3) is 25.8. The highest BCUT2D eigenvalue weighted by Gasteiger charge is 2.51. The first-order valence-corrected chi connectivity index (χ1v) is 22.1. The van der Waals surface area contributed by atoms with Gasteiger partial charge >= 0.3 is 13.8 Å². The van der Waals surface area contributed by atoms with Crippen LogP contribution in [0, 0.1) is 0 Å². The standard InChI is InChI=1S/C42H73O12P/c1-3-5-7-9-11-13-14-15-16-17-18-19-20-21-22-23-24-26-28-30-32-51-33-35(53-36(43)31-29-27-25-12-10-8-6-4-2)34-52-55(49,50)54-42-40(47)38(45)37(44)39(46)41(42)48/h5,7,11,13,15-16,18-19,21-22,35,37-42,44-48H,3-4,6,8-10,12,14,17,20,23-34H2,1-2H3,(H,49,50)/b7-5-,13-11-,16-15-,19-18-,22-21-. The molecule has 1 fully saturated rings. The number of aliphatic hydroxyl groups excluding tert-OH is 5. The monoisotopic (exact) mass is 800 g/mol. The maximum Gasteiger partial charge on any atom is 0.472 e. The molecule has 6 unspecified atom stereocenters. The van der Waals surface area contributed by atoms with Gasteiger partial charge in [-0.1, -0.05) is 132 Å². The molecule has 0 bridgehead atoms. The average Bonchev–Trinajstić information content (AvgIpc) is 3.17. The summed E-state index contributed by atoms with van der Waals surface area (Å²) in [6.45, 7) is 4.02. The molecule has 0 aromatic rings. The van der Waals surface area contributed by atoms with Gasteiger partial charge in [0.25, 0.3) is 0 Å². The summed E-state index contributed by atoms with van der Waals surface area (Å²) in [5.74, 6) is -0.495. The molecule has 12 nitrogen and oxygen atoms in total. The van der Waals surface area contributed by atoms with Gasteiger partial charge in [-0.2, -0.15) is 0 Å². The Bertz CT molecular complexity index is 1140. The predicted octanol–water partition coefficient (Wildman–Crippen LogP) is 7.47. The number of phosphoric acid groups is 1. The van der Waals surface area contributed by atoms with Crippen molar-refractivity contribution in [2.24, 2.45) is 0 Å². The van der Waals surface area contributed by atoms with Crippen LogP contribution in [-0.2, 0) is 27.9 Å². The van der Waals surface area contributed by atoms with E-state index in [0.717, 1.165) is 83.5 Å². The molecular weight excluding hydrogens is 727 g/mol. The quantitative estimate of drug-likeness (QED) is 0.0166. The molecule has 0 aromatic carbocycles. The van der Waals surface area contributed by atoms with Crippen molar-refractivity contribution in [1.82, 2.24) is 0 Å². The van der Waals surface area contributed by atoms with Crippen LogP contribution in [-0.4, -0.2) is 98.9 Å². The Morgan fingerprint density at radius 2 is 1.07 bits per heavy atom. The second kappa shape index (κ2) is 33.1. The fraction of sp³-hybridized carbons (Fsp3) is 0.738. The van der Waals surface area contributed by atoms with E-state index in [4.69, 9.17) is 18.5 Å². The largest absolute Gasteiger partial charge is 0.472 e. The van der Waals surface area contributed by atoms with E-state index < -0.39 is 63.1 Å². The van der Waals surface area contributed by atoms with Gasteiger partial charge in [0.1, 0.15) is 42.7 Å². The summed E-state index contributed by atoms with van der Waals surface area (Å²) in [7, 11) is -5.02. The molecule has 6 atom stereocenters. The molecule has 1 aliphatic carbocycles. The Morgan fingerprint density at radius 1 is 0.600 bits per heavy atom. The number of phosphoric ester groups is 1. The van der Waals surface area contributed by atoms with Gasteiger partial charge < -0.3 is 39.9 Å². The van der Waals surface area contributed by atoms with Crippen LogP contribution in [0.2, 0.25) is 0 Å². The SMILES string of the molecule is CC/C=C\C/C=C\C/C=C\C/C=C\C/C=C\CCCCCCOCC(COP(=O)(O)OC1C(O)C(O)C(O)C(O)C1O)OC(=O)CCCCCCCCCC. The number of esters is 1. The van der Waals surface area contributed by atoms with Crippen LogP contribution in [0.5, 0.6) is 0 Å². The summed E-state index contributed by atoms with van der Waals surface area (Å²) in [4.78, 5) is 22.9. The number of carbonyl (C=O) groups excluding carboxylic acids is 1. The number of ether oxygens (including phenoxy) is 2. The van der Waals surface area contributed by atoms with Crippen LogP contribution in [0.25, 0.3) is 0 Å². The molecule has 0 radical (unpaired) electrons. The van der Waals surface area contributed by atoms with Gasteiger partial charge in [-0.3, -0.25) is 13.8 Å². The van der Waals surface area contributed by atoms with Crippen molar-refractivity contribution >= 4 is 13.8 Å². The molecule has 0 amide bonds. The number of rotatable bonds is 33. The molecule has 13 heteroatoms. The molecular formula is C42H73O12P. The van der Waals surface area contributed by atoms with Gasteiger partial charge in [0.05, 0.1) is 13.2 Å². The second-order valence-corrected chi connectivity index (χ2v) is 15.5.